The van der Waals surface area contributed by atoms with Crippen LogP contribution in [0.1, 0.15) is 53.5 Å². The van der Waals surface area contributed by atoms with E-state index in [2.05, 4.69) is 52.1 Å². The summed E-state index contributed by atoms with van der Waals surface area (Å²) in [6.45, 7) is 8.63. The average Bonchev–Trinajstić information content (AvgIpc) is 3.10. The molecule has 2 aliphatic heterocycles. The van der Waals surface area contributed by atoms with E-state index in [1.165, 1.54) is 16.7 Å². The molecule has 1 N–H and O–H groups in total. The lowest BCUT2D eigenvalue weighted by atomic mass is 9.95. The number of rotatable bonds is 4. The zero-order valence-corrected chi connectivity index (χ0v) is 17.6. The van der Waals surface area contributed by atoms with E-state index in [1.54, 1.807) is 0 Å². The summed E-state index contributed by atoms with van der Waals surface area (Å²) in [4.78, 5) is 14.7. The summed E-state index contributed by atoms with van der Waals surface area (Å²) < 4.78 is 2.28. The van der Waals surface area contributed by atoms with Crippen molar-refractivity contribution in [2.45, 2.75) is 58.5 Å². The highest BCUT2D eigenvalue weighted by Gasteiger charge is 2.28. The summed E-state index contributed by atoms with van der Waals surface area (Å²) in [5.41, 5.74) is 3.80. The first-order valence-corrected chi connectivity index (χ1v) is 10.1. The summed E-state index contributed by atoms with van der Waals surface area (Å²) in [5, 5.41) is 12.1. The van der Waals surface area contributed by atoms with Gasteiger partial charge in [0.15, 0.2) is 0 Å². The number of nitrogens with zero attached hydrogens (tertiary/aromatic N) is 4. The van der Waals surface area contributed by atoms with Gasteiger partial charge >= 0.3 is 0 Å². The largest absolute Gasteiger partial charge is 0.343 e. The highest BCUT2D eigenvalue weighted by atomic mass is 35.5. The zero-order chi connectivity index (χ0) is 18.8. The molecule has 0 unspecified atom stereocenters. The SMILES string of the molecule is Cc1cc(C)cc(CCC(=O)N2CCC(c3nnc4n3CCNC4)CC2)c1.Cl. The van der Waals surface area contributed by atoms with Gasteiger partial charge < -0.3 is 14.8 Å². The third kappa shape index (κ3) is 4.55. The van der Waals surface area contributed by atoms with E-state index in [0.29, 0.717) is 12.3 Å². The number of benzene rings is 1. The van der Waals surface area contributed by atoms with Gasteiger partial charge in [-0.25, -0.2) is 0 Å². The zero-order valence-electron chi connectivity index (χ0n) is 16.8. The van der Waals surface area contributed by atoms with Crippen LogP contribution in [0.5, 0.6) is 0 Å². The van der Waals surface area contributed by atoms with Gasteiger partial charge in [-0.1, -0.05) is 29.3 Å². The van der Waals surface area contributed by atoms with Crippen molar-refractivity contribution in [1.82, 2.24) is 25.0 Å². The van der Waals surface area contributed by atoms with Crippen LogP contribution in [0.15, 0.2) is 18.2 Å². The molecular weight excluding hydrogens is 374 g/mol. The number of halogens is 1. The summed E-state index contributed by atoms with van der Waals surface area (Å²) in [6.07, 6.45) is 3.40. The Hall–Kier alpha value is -1.92. The lowest BCUT2D eigenvalue weighted by Crippen LogP contribution is -2.39. The van der Waals surface area contributed by atoms with Crippen LogP contribution in [0.3, 0.4) is 0 Å². The predicted molar refractivity (Wildman–Crippen MR) is 112 cm³/mol. The number of likely N-dealkylation sites (tertiary alicyclic amines) is 1. The van der Waals surface area contributed by atoms with Crippen LogP contribution in [-0.2, 0) is 24.3 Å². The van der Waals surface area contributed by atoms with E-state index in [4.69, 9.17) is 0 Å². The number of aromatic nitrogens is 3. The Bertz CT molecular complexity index is 806. The monoisotopic (exact) mass is 403 g/mol. The van der Waals surface area contributed by atoms with Crippen molar-refractivity contribution in [1.29, 1.82) is 0 Å². The maximum absolute atomic E-state index is 12.7. The summed E-state index contributed by atoms with van der Waals surface area (Å²) in [5.74, 6) is 2.87. The van der Waals surface area contributed by atoms with Crippen molar-refractivity contribution in [3.8, 4) is 0 Å². The van der Waals surface area contributed by atoms with Gasteiger partial charge in [0.1, 0.15) is 11.6 Å². The fraction of sp³-hybridized carbons (Fsp3) is 0.571. The number of hydrogen-bond acceptors (Lipinski definition) is 4. The van der Waals surface area contributed by atoms with Crippen LogP contribution in [0.4, 0.5) is 0 Å². The number of carbonyl (C=O) groups excluding carboxylic acids is 1. The summed E-state index contributed by atoms with van der Waals surface area (Å²) in [6, 6.07) is 6.56. The maximum atomic E-state index is 12.7. The quantitative estimate of drug-likeness (QED) is 0.852. The molecule has 3 heterocycles. The van der Waals surface area contributed by atoms with Crippen LogP contribution in [0.2, 0.25) is 0 Å². The molecular formula is C21H30ClN5O. The van der Waals surface area contributed by atoms with Crippen molar-refractivity contribution in [2.24, 2.45) is 0 Å². The standard InChI is InChI=1S/C21H29N5O.ClH/c1-15-11-16(2)13-17(12-15)3-4-20(27)25-8-5-18(6-9-25)21-24-23-19-14-22-7-10-26(19)21;/h11-13,18,22H,3-10,14H2,1-2H3;1H. The Morgan fingerprint density at radius 1 is 1.11 bits per heavy atom. The number of carbonyl (C=O) groups is 1. The third-order valence-electron chi connectivity index (χ3n) is 5.77. The number of aryl methyl sites for hydroxylation is 3. The van der Waals surface area contributed by atoms with Gasteiger partial charge in [0, 0.05) is 38.5 Å². The molecule has 1 aromatic carbocycles. The first kappa shape index (κ1) is 20.8. The Balaban J connectivity index is 0.00000225. The fourth-order valence-corrected chi connectivity index (χ4v) is 4.43. The Morgan fingerprint density at radius 3 is 2.54 bits per heavy atom. The highest BCUT2D eigenvalue weighted by Crippen LogP contribution is 2.28. The Kier molecular flexibility index (Phi) is 6.73. The second kappa shape index (κ2) is 9.05. The van der Waals surface area contributed by atoms with Crippen molar-refractivity contribution >= 4 is 18.3 Å². The van der Waals surface area contributed by atoms with Crippen LogP contribution in [0.25, 0.3) is 0 Å². The molecule has 1 fully saturated rings. The van der Waals surface area contributed by atoms with Crippen molar-refractivity contribution in [3.05, 3.63) is 46.5 Å². The molecule has 7 heteroatoms. The molecule has 0 radical (unpaired) electrons. The third-order valence-corrected chi connectivity index (χ3v) is 5.77. The Morgan fingerprint density at radius 2 is 1.82 bits per heavy atom. The fourth-order valence-electron chi connectivity index (χ4n) is 4.43. The molecule has 1 saturated heterocycles. The van der Waals surface area contributed by atoms with Crippen LogP contribution < -0.4 is 5.32 Å². The summed E-state index contributed by atoms with van der Waals surface area (Å²) >= 11 is 0. The van der Waals surface area contributed by atoms with Crippen LogP contribution >= 0.6 is 12.4 Å². The minimum atomic E-state index is 0. The van der Waals surface area contributed by atoms with Crippen molar-refractivity contribution in [2.75, 3.05) is 19.6 Å². The molecule has 1 amide bonds. The van der Waals surface area contributed by atoms with E-state index >= 15 is 0 Å². The number of piperidine rings is 1. The molecule has 2 aliphatic rings. The van der Waals surface area contributed by atoms with E-state index < -0.39 is 0 Å². The maximum Gasteiger partial charge on any atom is 0.222 e. The Labute approximate surface area is 173 Å². The van der Waals surface area contributed by atoms with Crippen LogP contribution in [0, 0.1) is 13.8 Å². The molecule has 2 aromatic rings. The molecule has 4 rings (SSSR count). The molecule has 0 atom stereocenters. The first-order chi connectivity index (χ1) is 13.1. The minimum absolute atomic E-state index is 0. The number of amides is 1. The normalized spacial score (nSPS) is 17.1. The van der Waals surface area contributed by atoms with E-state index in [1.807, 2.05) is 4.90 Å². The average molecular weight is 404 g/mol. The highest BCUT2D eigenvalue weighted by molar-refractivity contribution is 5.85. The van der Waals surface area contributed by atoms with E-state index in [0.717, 1.165) is 63.6 Å². The van der Waals surface area contributed by atoms with Gasteiger partial charge in [-0.05, 0) is 38.7 Å². The van der Waals surface area contributed by atoms with E-state index in [-0.39, 0.29) is 18.3 Å². The molecule has 0 aliphatic carbocycles. The topological polar surface area (TPSA) is 63.1 Å². The molecule has 0 bridgehead atoms. The van der Waals surface area contributed by atoms with Crippen LogP contribution in [-0.4, -0.2) is 45.2 Å². The molecule has 0 saturated carbocycles. The van der Waals surface area contributed by atoms with Gasteiger partial charge in [0.2, 0.25) is 5.91 Å². The van der Waals surface area contributed by atoms with Gasteiger partial charge in [0.05, 0.1) is 6.54 Å². The van der Waals surface area contributed by atoms with Gasteiger partial charge in [0.25, 0.3) is 0 Å². The lowest BCUT2D eigenvalue weighted by molar-refractivity contribution is -0.132. The lowest BCUT2D eigenvalue weighted by Gasteiger charge is -2.32. The number of hydrogen-bond donors (Lipinski definition) is 1. The molecule has 0 spiro atoms. The van der Waals surface area contributed by atoms with Gasteiger partial charge in [-0.3, -0.25) is 4.79 Å². The molecule has 152 valence electrons. The molecule has 6 nitrogen and oxygen atoms in total. The van der Waals surface area contributed by atoms with Gasteiger partial charge in [-0.15, -0.1) is 22.6 Å². The smallest absolute Gasteiger partial charge is 0.222 e. The van der Waals surface area contributed by atoms with Crippen molar-refractivity contribution in [3.63, 3.8) is 0 Å². The minimum Gasteiger partial charge on any atom is -0.343 e. The van der Waals surface area contributed by atoms with Crippen molar-refractivity contribution < 1.29 is 4.79 Å². The summed E-state index contributed by atoms with van der Waals surface area (Å²) in [7, 11) is 0. The number of fused-ring (bicyclic) bond motifs is 1. The predicted octanol–water partition coefficient (Wildman–Crippen LogP) is 2.76. The molecule has 28 heavy (non-hydrogen) atoms. The number of nitrogens with one attached hydrogen (secondary N) is 1. The molecule has 1 aromatic heterocycles. The van der Waals surface area contributed by atoms with Gasteiger partial charge in [-0.2, -0.15) is 0 Å². The first-order valence-electron chi connectivity index (χ1n) is 10.1. The van der Waals surface area contributed by atoms with E-state index in [9.17, 15) is 4.79 Å². The second-order valence-corrected chi connectivity index (χ2v) is 7.95. The second-order valence-electron chi connectivity index (χ2n) is 7.95.